The molecule has 0 bridgehead atoms. The highest BCUT2D eigenvalue weighted by molar-refractivity contribution is 6.03. The summed E-state index contributed by atoms with van der Waals surface area (Å²) in [5.41, 5.74) is 4.00. The number of aromatic amines is 1. The first-order chi connectivity index (χ1) is 11.0. The number of carbonyl (C=O) groups excluding carboxylic acids is 1. The van der Waals surface area contributed by atoms with Crippen LogP contribution in [0.15, 0.2) is 41.2 Å². The molecule has 0 atom stereocenters. The third-order valence-electron chi connectivity index (χ3n) is 3.74. The number of H-pyrrole nitrogens is 1. The van der Waals surface area contributed by atoms with Gasteiger partial charge < -0.3 is 10.3 Å². The van der Waals surface area contributed by atoms with Crippen LogP contribution in [0.3, 0.4) is 0 Å². The van der Waals surface area contributed by atoms with Crippen LogP contribution < -0.4 is 10.9 Å². The van der Waals surface area contributed by atoms with Crippen molar-refractivity contribution in [1.82, 2.24) is 9.97 Å². The predicted octanol–water partition coefficient (Wildman–Crippen LogP) is 3.10. The van der Waals surface area contributed by atoms with E-state index in [1.807, 2.05) is 32.9 Å². The van der Waals surface area contributed by atoms with E-state index in [1.165, 1.54) is 0 Å². The van der Waals surface area contributed by atoms with Crippen molar-refractivity contribution < 1.29 is 4.79 Å². The van der Waals surface area contributed by atoms with E-state index in [4.69, 9.17) is 0 Å². The maximum Gasteiger partial charge on any atom is 0.291 e. The van der Waals surface area contributed by atoms with Crippen molar-refractivity contribution in [3.63, 3.8) is 0 Å². The van der Waals surface area contributed by atoms with Crippen molar-refractivity contribution in [2.45, 2.75) is 20.8 Å². The largest absolute Gasteiger partial charge is 0.319 e. The van der Waals surface area contributed by atoms with Crippen LogP contribution in [0, 0.1) is 20.8 Å². The van der Waals surface area contributed by atoms with Gasteiger partial charge >= 0.3 is 0 Å². The number of hydrogen-bond acceptors (Lipinski definition) is 3. The van der Waals surface area contributed by atoms with E-state index >= 15 is 0 Å². The first kappa shape index (κ1) is 15.0. The molecule has 0 spiro atoms. The van der Waals surface area contributed by atoms with Crippen molar-refractivity contribution in [2.75, 3.05) is 5.32 Å². The minimum atomic E-state index is -0.428. The molecule has 0 saturated heterocycles. The standard InChI is InChI=1S/C18H17N3O2/c1-10-8-11(2)15(12(3)9-10)20-18(23)16-19-14-7-5-4-6-13(14)17(22)21-16/h4-9H,1-3H3,(H,20,23)(H,19,21,22). The molecule has 23 heavy (non-hydrogen) atoms. The van der Waals surface area contributed by atoms with Gasteiger partial charge in [0.2, 0.25) is 0 Å². The van der Waals surface area contributed by atoms with Gasteiger partial charge in [0, 0.05) is 5.69 Å². The lowest BCUT2D eigenvalue weighted by Crippen LogP contribution is -2.21. The fourth-order valence-electron chi connectivity index (χ4n) is 2.74. The molecule has 2 aromatic carbocycles. The second-order valence-electron chi connectivity index (χ2n) is 5.66. The lowest BCUT2D eigenvalue weighted by Gasteiger charge is -2.12. The molecule has 116 valence electrons. The summed E-state index contributed by atoms with van der Waals surface area (Å²) in [4.78, 5) is 31.3. The molecule has 0 aliphatic heterocycles. The van der Waals surface area contributed by atoms with Gasteiger partial charge in [-0.25, -0.2) is 4.98 Å². The Balaban J connectivity index is 2.00. The minimum absolute atomic E-state index is 0.00748. The van der Waals surface area contributed by atoms with Gasteiger partial charge in [0.25, 0.3) is 11.5 Å². The van der Waals surface area contributed by atoms with Gasteiger partial charge in [-0.05, 0) is 44.0 Å². The SMILES string of the molecule is Cc1cc(C)c(NC(=O)c2nc3ccccc3c(=O)[nH]2)c(C)c1. The number of anilines is 1. The van der Waals surface area contributed by atoms with Crippen LogP contribution in [0.25, 0.3) is 10.9 Å². The number of nitrogens with one attached hydrogen (secondary N) is 2. The smallest absolute Gasteiger partial charge is 0.291 e. The molecule has 5 heteroatoms. The fraction of sp³-hybridized carbons (Fsp3) is 0.167. The predicted molar refractivity (Wildman–Crippen MR) is 91.0 cm³/mol. The molecular formula is C18H17N3O2. The maximum absolute atomic E-state index is 12.5. The number of hydrogen-bond donors (Lipinski definition) is 2. The zero-order valence-electron chi connectivity index (χ0n) is 13.2. The molecule has 0 fully saturated rings. The number of carbonyl (C=O) groups is 1. The summed E-state index contributed by atoms with van der Waals surface area (Å²) in [6.07, 6.45) is 0. The Kier molecular flexibility index (Phi) is 3.70. The van der Waals surface area contributed by atoms with Gasteiger partial charge in [0.15, 0.2) is 5.82 Å². The van der Waals surface area contributed by atoms with Crippen LogP contribution in [0.2, 0.25) is 0 Å². The van der Waals surface area contributed by atoms with Crippen LogP contribution in [0.4, 0.5) is 5.69 Å². The zero-order valence-corrected chi connectivity index (χ0v) is 13.2. The summed E-state index contributed by atoms with van der Waals surface area (Å²) in [5, 5.41) is 3.31. The molecule has 3 aromatic rings. The van der Waals surface area contributed by atoms with Crippen molar-refractivity contribution in [2.24, 2.45) is 0 Å². The average molecular weight is 307 g/mol. The molecule has 0 aliphatic carbocycles. The average Bonchev–Trinajstić information content (AvgIpc) is 2.50. The molecule has 1 amide bonds. The molecule has 0 aliphatic rings. The van der Waals surface area contributed by atoms with E-state index in [0.717, 1.165) is 22.4 Å². The second-order valence-corrected chi connectivity index (χ2v) is 5.66. The summed E-state index contributed by atoms with van der Waals surface area (Å²) < 4.78 is 0. The second kappa shape index (κ2) is 5.68. The lowest BCUT2D eigenvalue weighted by atomic mass is 10.1. The first-order valence-electron chi connectivity index (χ1n) is 7.34. The molecule has 0 unspecified atom stereocenters. The number of rotatable bonds is 2. The van der Waals surface area contributed by atoms with E-state index < -0.39 is 5.91 Å². The Morgan fingerprint density at radius 2 is 1.74 bits per heavy atom. The first-order valence-corrected chi connectivity index (χ1v) is 7.34. The van der Waals surface area contributed by atoms with Gasteiger partial charge in [0.1, 0.15) is 0 Å². The maximum atomic E-state index is 12.5. The summed E-state index contributed by atoms with van der Waals surface area (Å²) in [5.74, 6) is -0.420. The lowest BCUT2D eigenvalue weighted by molar-refractivity contribution is 0.101. The number of para-hydroxylation sites is 1. The van der Waals surface area contributed by atoms with E-state index in [0.29, 0.717) is 10.9 Å². The van der Waals surface area contributed by atoms with E-state index in [-0.39, 0.29) is 11.4 Å². The third-order valence-corrected chi connectivity index (χ3v) is 3.74. The van der Waals surface area contributed by atoms with Crippen molar-refractivity contribution in [3.05, 3.63) is 69.3 Å². The number of aromatic nitrogens is 2. The Morgan fingerprint density at radius 1 is 1.09 bits per heavy atom. The molecule has 0 radical (unpaired) electrons. The molecular weight excluding hydrogens is 290 g/mol. The zero-order chi connectivity index (χ0) is 16.6. The van der Waals surface area contributed by atoms with Crippen LogP contribution >= 0.6 is 0 Å². The Hall–Kier alpha value is -2.95. The number of benzene rings is 2. The Morgan fingerprint density at radius 3 is 2.43 bits per heavy atom. The van der Waals surface area contributed by atoms with Crippen LogP contribution in [0.5, 0.6) is 0 Å². The number of amides is 1. The van der Waals surface area contributed by atoms with Crippen LogP contribution in [-0.4, -0.2) is 15.9 Å². The molecule has 1 aromatic heterocycles. The molecule has 1 heterocycles. The quantitative estimate of drug-likeness (QED) is 0.764. The van der Waals surface area contributed by atoms with Crippen LogP contribution in [0.1, 0.15) is 27.3 Å². The highest BCUT2D eigenvalue weighted by Gasteiger charge is 2.14. The molecule has 5 nitrogen and oxygen atoms in total. The number of aryl methyl sites for hydroxylation is 3. The van der Waals surface area contributed by atoms with Gasteiger partial charge in [0.05, 0.1) is 10.9 Å². The Bertz CT molecular complexity index is 950. The summed E-state index contributed by atoms with van der Waals surface area (Å²) in [6, 6.07) is 10.9. The highest BCUT2D eigenvalue weighted by Crippen LogP contribution is 2.22. The normalized spacial score (nSPS) is 10.7. The van der Waals surface area contributed by atoms with Gasteiger partial charge in [-0.2, -0.15) is 0 Å². The number of nitrogens with zero attached hydrogens (tertiary/aromatic N) is 1. The fourth-order valence-corrected chi connectivity index (χ4v) is 2.74. The van der Waals surface area contributed by atoms with Gasteiger partial charge in [-0.3, -0.25) is 9.59 Å². The monoisotopic (exact) mass is 307 g/mol. The third kappa shape index (κ3) is 2.85. The van der Waals surface area contributed by atoms with Gasteiger partial charge in [-0.15, -0.1) is 0 Å². The number of fused-ring (bicyclic) bond motifs is 1. The minimum Gasteiger partial charge on any atom is -0.319 e. The van der Waals surface area contributed by atoms with E-state index in [2.05, 4.69) is 15.3 Å². The topological polar surface area (TPSA) is 74.8 Å². The molecule has 2 N–H and O–H groups in total. The van der Waals surface area contributed by atoms with Crippen molar-refractivity contribution in [3.8, 4) is 0 Å². The molecule has 0 saturated carbocycles. The highest BCUT2D eigenvalue weighted by atomic mass is 16.2. The van der Waals surface area contributed by atoms with Gasteiger partial charge in [-0.1, -0.05) is 29.8 Å². The molecule has 3 rings (SSSR count). The van der Waals surface area contributed by atoms with E-state index in [1.54, 1.807) is 24.3 Å². The summed E-state index contributed by atoms with van der Waals surface area (Å²) in [7, 11) is 0. The summed E-state index contributed by atoms with van der Waals surface area (Å²) >= 11 is 0. The van der Waals surface area contributed by atoms with E-state index in [9.17, 15) is 9.59 Å². The summed E-state index contributed by atoms with van der Waals surface area (Å²) in [6.45, 7) is 5.88. The Labute approximate surface area is 133 Å². The van der Waals surface area contributed by atoms with Crippen molar-refractivity contribution in [1.29, 1.82) is 0 Å². The van der Waals surface area contributed by atoms with Crippen LogP contribution in [-0.2, 0) is 0 Å². The van der Waals surface area contributed by atoms with Crippen molar-refractivity contribution >= 4 is 22.5 Å².